The molecule has 1 aliphatic rings. The average molecular weight is 299 g/mol. The van der Waals surface area contributed by atoms with Crippen LogP contribution in [0.25, 0.3) is 0 Å². The van der Waals surface area contributed by atoms with Crippen LogP contribution in [0, 0.1) is 0 Å². The fraction of sp³-hybridized carbons (Fsp3) is 0.429. The Bertz CT molecular complexity index is 473. The summed E-state index contributed by atoms with van der Waals surface area (Å²) in [5, 5.41) is 11.8. The summed E-state index contributed by atoms with van der Waals surface area (Å²) in [6, 6.07) is 6.26. The summed E-state index contributed by atoms with van der Waals surface area (Å²) in [7, 11) is 0. The molecule has 1 saturated heterocycles. The Morgan fingerprint density at radius 3 is 2.35 bits per heavy atom. The van der Waals surface area contributed by atoms with E-state index >= 15 is 0 Å². The molecule has 5 nitrogen and oxygen atoms in total. The SMILES string of the molecule is Cl.O=C(O)c1ccccc1C(=O)NCCN1CCCC1. The number of carbonyl (C=O) groups is 2. The lowest BCUT2D eigenvalue weighted by atomic mass is 10.1. The van der Waals surface area contributed by atoms with Crippen molar-refractivity contribution in [2.24, 2.45) is 0 Å². The molecule has 2 rings (SSSR count). The fourth-order valence-electron chi connectivity index (χ4n) is 2.30. The van der Waals surface area contributed by atoms with Gasteiger partial charge in [0.1, 0.15) is 0 Å². The molecule has 1 heterocycles. The third-order valence-corrected chi connectivity index (χ3v) is 3.31. The molecular weight excluding hydrogens is 280 g/mol. The lowest BCUT2D eigenvalue weighted by Crippen LogP contribution is -2.34. The van der Waals surface area contributed by atoms with Gasteiger partial charge in [-0.05, 0) is 38.1 Å². The number of halogens is 1. The van der Waals surface area contributed by atoms with Crippen molar-refractivity contribution in [1.29, 1.82) is 0 Å². The number of nitrogens with zero attached hydrogens (tertiary/aromatic N) is 1. The van der Waals surface area contributed by atoms with Crippen LogP contribution < -0.4 is 5.32 Å². The van der Waals surface area contributed by atoms with E-state index in [4.69, 9.17) is 5.11 Å². The molecule has 0 aromatic heterocycles. The Labute approximate surface area is 124 Å². The van der Waals surface area contributed by atoms with Gasteiger partial charge in [0.25, 0.3) is 5.91 Å². The molecule has 0 spiro atoms. The van der Waals surface area contributed by atoms with Crippen LogP contribution in [-0.2, 0) is 0 Å². The first kappa shape index (κ1) is 16.5. The summed E-state index contributed by atoms with van der Waals surface area (Å²) < 4.78 is 0. The highest BCUT2D eigenvalue weighted by Gasteiger charge is 2.16. The molecule has 1 aliphatic heterocycles. The highest BCUT2D eigenvalue weighted by atomic mass is 35.5. The molecule has 2 N–H and O–H groups in total. The number of hydrogen-bond donors (Lipinski definition) is 2. The Hall–Kier alpha value is -1.59. The van der Waals surface area contributed by atoms with E-state index in [0.717, 1.165) is 19.6 Å². The molecule has 0 saturated carbocycles. The third kappa shape index (κ3) is 4.21. The van der Waals surface area contributed by atoms with Gasteiger partial charge in [0, 0.05) is 13.1 Å². The second-order valence-corrected chi connectivity index (χ2v) is 4.66. The van der Waals surface area contributed by atoms with Gasteiger partial charge in [-0.1, -0.05) is 12.1 Å². The normalized spacial score (nSPS) is 14.6. The molecule has 0 radical (unpaired) electrons. The zero-order chi connectivity index (χ0) is 13.7. The zero-order valence-electron chi connectivity index (χ0n) is 11.2. The van der Waals surface area contributed by atoms with Crippen LogP contribution in [0.2, 0.25) is 0 Å². The van der Waals surface area contributed by atoms with Crippen molar-refractivity contribution in [1.82, 2.24) is 10.2 Å². The van der Waals surface area contributed by atoms with Crippen molar-refractivity contribution in [2.75, 3.05) is 26.2 Å². The van der Waals surface area contributed by atoms with E-state index in [1.807, 2.05) is 0 Å². The molecule has 6 heteroatoms. The highest BCUT2D eigenvalue weighted by molar-refractivity contribution is 6.04. The lowest BCUT2D eigenvalue weighted by Gasteiger charge is -2.15. The minimum absolute atomic E-state index is 0. The van der Waals surface area contributed by atoms with Crippen LogP contribution >= 0.6 is 12.4 Å². The molecule has 20 heavy (non-hydrogen) atoms. The maximum Gasteiger partial charge on any atom is 0.336 e. The Morgan fingerprint density at radius 1 is 1.15 bits per heavy atom. The second kappa shape index (κ2) is 7.87. The average Bonchev–Trinajstić information content (AvgIpc) is 2.91. The largest absolute Gasteiger partial charge is 0.478 e. The quantitative estimate of drug-likeness (QED) is 0.867. The minimum Gasteiger partial charge on any atom is -0.478 e. The molecule has 1 amide bonds. The number of rotatable bonds is 5. The van der Waals surface area contributed by atoms with Crippen LogP contribution in [0.3, 0.4) is 0 Å². The van der Waals surface area contributed by atoms with Crippen LogP contribution in [0.5, 0.6) is 0 Å². The summed E-state index contributed by atoms with van der Waals surface area (Å²) in [6.07, 6.45) is 2.44. The van der Waals surface area contributed by atoms with Crippen LogP contribution in [0.1, 0.15) is 33.6 Å². The van der Waals surface area contributed by atoms with E-state index in [2.05, 4.69) is 10.2 Å². The van der Waals surface area contributed by atoms with Crippen LogP contribution in [0.15, 0.2) is 24.3 Å². The van der Waals surface area contributed by atoms with Crippen molar-refractivity contribution < 1.29 is 14.7 Å². The zero-order valence-corrected chi connectivity index (χ0v) is 12.0. The summed E-state index contributed by atoms with van der Waals surface area (Å²) in [6.45, 7) is 3.54. The predicted octanol–water partition coefficient (Wildman–Crippen LogP) is 1.63. The topological polar surface area (TPSA) is 69.6 Å². The Morgan fingerprint density at radius 2 is 1.75 bits per heavy atom. The first-order valence-corrected chi connectivity index (χ1v) is 6.51. The van der Waals surface area contributed by atoms with E-state index in [-0.39, 0.29) is 29.4 Å². The van der Waals surface area contributed by atoms with Gasteiger partial charge in [-0.15, -0.1) is 12.4 Å². The van der Waals surface area contributed by atoms with Gasteiger partial charge in [0.15, 0.2) is 0 Å². The maximum atomic E-state index is 12.0. The maximum absolute atomic E-state index is 12.0. The van der Waals surface area contributed by atoms with Crippen molar-refractivity contribution in [3.63, 3.8) is 0 Å². The number of benzene rings is 1. The molecule has 1 fully saturated rings. The standard InChI is InChI=1S/C14H18N2O3.ClH/c17-13(15-7-10-16-8-3-4-9-16)11-5-1-2-6-12(11)14(18)19;/h1-2,5-6H,3-4,7-10H2,(H,15,17)(H,18,19);1H. The van der Waals surface area contributed by atoms with Gasteiger partial charge >= 0.3 is 5.97 Å². The Kier molecular flexibility index (Phi) is 6.48. The minimum atomic E-state index is -1.08. The molecule has 0 atom stereocenters. The molecular formula is C14H19ClN2O3. The van der Waals surface area contributed by atoms with Crippen molar-refractivity contribution >= 4 is 24.3 Å². The number of carbonyl (C=O) groups excluding carboxylic acids is 1. The number of carboxylic acid groups (broad SMARTS) is 1. The fourth-order valence-corrected chi connectivity index (χ4v) is 2.30. The van der Waals surface area contributed by atoms with Gasteiger partial charge in [-0.3, -0.25) is 4.79 Å². The van der Waals surface area contributed by atoms with E-state index in [9.17, 15) is 9.59 Å². The molecule has 0 aliphatic carbocycles. The van der Waals surface area contributed by atoms with Crippen LogP contribution in [-0.4, -0.2) is 48.1 Å². The smallest absolute Gasteiger partial charge is 0.336 e. The van der Waals surface area contributed by atoms with Crippen LogP contribution in [0.4, 0.5) is 0 Å². The van der Waals surface area contributed by atoms with Gasteiger partial charge in [-0.25, -0.2) is 4.79 Å². The number of hydrogen-bond acceptors (Lipinski definition) is 3. The summed E-state index contributed by atoms with van der Waals surface area (Å²) >= 11 is 0. The summed E-state index contributed by atoms with van der Waals surface area (Å²) in [5.41, 5.74) is 0.262. The van der Waals surface area contributed by atoms with E-state index in [0.29, 0.717) is 6.54 Å². The van der Waals surface area contributed by atoms with Gasteiger partial charge in [0.2, 0.25) is 0 Å². The van der Waals surface area contributed by atoms with Crippen molar-refractivity contribution in [3.8, 4) is 0 Å². The first-order chi connectivity index (χ1) is 9.18. The van der Waals surface area contributed by atoms with E-state index in [1.54, 1.807) is 12.1 Å². The van der Waals surface area contributed by atoms with Gasteiger partial charge in [0.05, 0.1) is 11.1 Å². The second-order valence-electron chi connectivity index (χ2n) is 4.66. The van der Waals surface area contributed by atoms with Gasteiger partial charge < -0.3 is 15.3 Å². The van der Waals surface area contributed by atoms with E-state index in [1.165, 1.54) is 25.0 Å². The molecule has 1 aromatic carbocycles. The molecule has 1 aromatic rings. The summed E-state index contributed by atoms with van der Waals surface area (Å²) in [5.74, 6) is -1.40. The number of likely N-dealkylation sites (tertiary alicyclic amines) is 1. The number of aromatic carboxylic acids is 1. The molecule has 0 unspecified atom stereocenters. The first-order valence-electron chi connectivity index (χ1n) is 6.51. The number of nitrogens with one attached hydrogen (secondary N) is 1. The Balaban J connectivity index is 0.00000200. The molecule has 110 valence electrons. The third-order valence-electron chi connectivity index (χ3n) is 3.31. The van der Waals surface area contributed by atoms with Gasteiger partial charge in [-0.2, -0.15) is 0 Å². The van der Waals surface area contributed by atoms with Crippen molar-refractivity contribution in [3.05, 3.63) is 35.4 Å². The summed E-state index contributed by atoms with van der Waals surface area (Å²) in [4.78, 5) is 25.3. The number of amides is 1. The lowest BCUT2D eigenvalue weighted by molar-refractivity contribution is 0.0691. The molecule has 0 bridgehead atoms. The van der Waals surface area contributed by atoms with Crippen molar-refractivity contribution in [2.45, 2.75) is 12.8 Å². The van der Waals surface area contributed by atoms with E-state index < -0.39 is 5.97 Å². The predicted molar refractivity (Wildman–Crippen MR) is 78.7 cm³/mol. The monoisotopic (exact) mass is 298 g/mol. The highest BCUT2D eigenvalue weighted by Crippen LogP contribution is 2.09. The number of carboxylic acids is 1.